The highest BCUT2D eigenvalue weighted by Crippen LogP contribution is 2.72. The van der Waals surface area contributed by atoms with Crippen LogP contribution in [0.3, 0.4) is 0 Å². The zero-order valence-corrected chi connectivity index (χ0v) is 19.6. The molecule has 5 unspecified atom stereocenters. The van der Waals surface area contributed by atoms with Crippen molar-refractivity contribution in [2.45, 2.75) is 47.5 Å². The lowest BCUT2D eigenvalue weighted by atomic mass is 9.46. The van der Waals surface area contributed by atoms with Crippen molar-refractivity contribution in [3.63, 3.8) is 0 Å². The van der Waals surface area contributed by atoms with Crippen LogP contribution in [0.1, 0.15) is 47.4 Å². The van der Waals surface area contributed by atoms with Crippen molar-refractivity contribution in [1.29, 1.82) is 0 Å². The highest BCUT2D eigenvalue weighted by molar-refractivity contribution is 8.01. The van der Waals surface area contributed by atoms with Crippen LogP contribution in [0.2, 0.25) is 0 Å². The largest absolute Gasteiger partial charge is 0.486 e. The Bertz CT molecular complexity index is 1270. The number of aromatic amines is 1. The number of benzene rings is 2. The Morgan fingerprint density at radius 1 is 1.09 bits per heavy atom. The second kappa shape index (κ2) is 7.32. The van der Waals surface area contributed by atoms with Gasteiger partial charge in [0.2, 0.25) is 0 Å². The molecule has 174 valence electrons. The quantitative estimate of drug-likeness (QED) is 0.548. The lowest BCUT2D eigenvalue weighted by Gasteiger charge is -2.58. The Hall–Kier alpha value is -2.86. The van der Waals surface area contributed by atoms with Crippen LogP contribution in [-0.2, 0) is 16.6 Å². The average Bonchev–Trinajstić information content (AvgIpc) is 3.52. The molecule has 2 aromatic carbocycles. The van der Waals surface area contributed by atoms with Gasteiger partial charge in [0.1, 0.15) is 13.2 Å². The topological polar surface area (TPSA) is 71.6 Å². The number of rotatable bonds is 4. The number of aromatic nitrogens is 1. The van der Waals surface area contributed by atoms with E-state index >= 15 is 0 Å². The van der Waals surface area contributed by atoms with Crippen molar-refractivity contribution in [3.05, 3.63) is 83.2 Å². The molecule has 0 radical (unpaired) electrons. The second-order valence-electron chi connectivity index (χ2n) is 10.1. The Labute approximate surface area is 202 Å². The summed E-state index contributed by atoms with van der Waals surface area (Å²) in [6, 6.07) is 16.8. The molecular weight excluding hydrogens is 446 g/mol. The van der Waals surface area contributed by atoms with Crippen LogP contribution in [0.25, 0.3) is 0 Å². The van der Waals surface area contributed by atoms with Gasteiger partial charge in [-0.25, -0.2) is 0 Å². The lowest BCUT2D eigenvalue weighted by molar-refractivity contribution is -0.154. The van der Waals surface area contributed by atoms with Crippen molar-refractivity contribution in [2.75, 3.05) is 13.2 Å². The Balaban J connectivity index is 1.39. The summed E-state index contributed by atoms with van der Waals surface area (Å²) in [7, 11) is 0. The first-order valence-corrected chi connectivity index (χ1v) is 13.1. The molecule has 2 fully saturated rings. The predicted octanol–water partition coefficient (Wildman–Crippen LogP) is 5.15. The molecule has 0 spiro atoms. The minimum absolute atomic E-state index is 0.0316. The number of carboxylic acids is 1. The van der Waals surface area contributed by atoms with Gasteiger partial charge in [0, 0.05) is 34.2 Å². The predicted molar refractivity (Wildman–Crippen MR) is 131 cm³/mol. The molecule has 2 N–H and O–H groups in total. The number of hydrogen-bond acceptors (Lipinski definition) is 4. The van der Waals surface area contributed by atoms with E-state index in [1.54, 1.807) is 0 Å². The number of hydrogen-bond donors (Lipinski definition) is 2. The van der Waals surface area contributed by atoms with Crippen LogP contribution >= 0.6 is 11.8 Å². The van der Waals surface area contributed by atoms with E-state index in [0.29, 0.717) is 19.6 Å². The molecule has 5 aliphatic rings. The average molecular weight is 474 g/mol. The van der Waals surface area contributed by atoms with Crippen molar-refractivity contribution >= 4 is 17.7 Å². The van der Waals surface area contributed by atoms with E-state index < -0.39 is 11.4 Å². The molecule has 5 nitrogen and oxygen atoms in total. The minimum Gasteiger partial charge on any atom is -0.486 e. The summed E-state index contributed by atoms with van der Waals surface area (Å²) >= 11 is 1.91. The van der Waals surface area contributed by atoms with Crippen LogP contribution < -0.4 is 9.47 Å². The number of ether oxygens (including phenoxy) is 2. The van der Waals surface area contributed by atoms with Crippen LogP contribution in [0.5, 0.6) is 11.5 Å². The van der Waals surface area contributed by atoms with E-state index in [9.17, 15) is 9.90 Å². The summed E-state index contributed by atoms with van der Waals surface area (Å²) < 4.78 is 11.7. The molecule has 1 aromatic heterocycles. The van der Waals surface area contributed by atoms with Crippen molar-refractivity contribution in [2.24, 2.45) is 5.41 Å². The molecular formula is C28H27NO4S. The van der Waals surface area contributed by atoms with E-state index in [4.69, 9.17) is 9.47 Å². The molecule has 2 aliphatic heterocycles. The van der Waals surface area contributed by atoms with Gasteiger partial charge >= 0.3 is 5.97 Å². The van der Waals surface area contributed by atoms with Crippen molar-refractivity contribution in [1.82, 2.24) is 4.98 Å². The Morgan fingerprint density at radius 2 is 1.91 bits per heavy atom. The Kier molecular flexibility index (Phi) is 4.41. The first-order valence-electron chi connectivity index (χ1n) is 12.1. The van der Waals surface area contributed by atoms with Gasteiger partial charge in [0.25, 0.3) is 0 Å². The van der Waals surface area contributed by atoms with Gasteiger partial charge in [0.05, 0.1) is 5.41 Å². The van der Waals surface area contributed by atoms with Crippen LogP contribution in [0.15, 0.2) is 60.9 Å². The number of nitrogens with one attached hydrogen (secondary N) is 1. The lowest BCUT2D eigenvalue weighted by Crippen LogP contribution is -2.60. The summed E-state index contributed by atoms with van der Waals surface area (Å²) in [6.07, 6.45) is 7.62. The summed E-state index contributed by atoms with van der Waals surface area (Å²) in [5.74, 6) is 0.950. The normalized spacial score (nSPS) is 32.8. The molecule has 1 saturated carbocycles. The molecule has 5 atom stereocenters. The van der Waals surface area contributed by atoms with E-state index in [2.05, 4.69) is 53.8 Å². The SMILES string of the molecule is O=C(O)C12CC(Cc3ccccc3)SC1C1(c3ccc4c(c3)OCCO4)CCC2c2c[nH]cc21. The van der Waals surface area contributed by atoms with Gasteiger partial charge in [-0.3, -0.25) is 4.79 Å². The summed E-state index contributed by atoms with van der Waals surface area (Å²) in [5, 5.41) is 11.1. The monoisotopic (exact) mass is 473 g/mol. The number of H-pyrrole nitrogens is 1. The summed E-state index contributed by atoms with van der Waals surface area (Å²) in [5.41, 5.74) is 3.76. The van der Waals surface area contributed by atoms with E-state index in [1.807, 2.05) is 23.9 Å². The first-order chi connectivity index (χ1) is 16.6. The number of carbonyl (C=O) groups is 1. The fourth-order valence-corrected chi connectivity index (χ4v) is 9.63. The highest BCUT2D eigenvalue weighted by Gasteiger charge is 2.71. The third kappa shape index (κ3) is 2.60. The third-order valence-corrected chi connectivity index (χ3v) is 10.5. The summed E-state index contributed by atoms with van der Waals surface area (Å²) in [6.45, 7) is 1.10. The zero-order chi connectivity index (χ0) is 22.9. The number of aliphatic carboxylic acids is 1. The molecule has 2 bridgehead atoms. The molecule has 1 saturated heterocycles. The van der Waals surface area contributed by atoms with Crippen LogP contribution in [0, 0.1) is 5.41 Å². The smallest absolute Gasteiger partial charge is 0.311 e. The fraction of sp³-hybridized carbons (Fsp3) is 0.393. The number of carboxylic acid groups (broad SMARTS) is 1. The van der Waals surface area contributed by atoms with E-state index in [0.717, 1.165) is 36.3 Å². The number of fused-ring (bicyclic) bond motifs is 2. The maximum Gasteiger partial charge on any atom is 0.311 e. The van der Waals surface area contributed by atoms with E-state index in [-0.39, 0.29) is 21.8 Å². The van der Waals surface area contributed by atoms with Crippen molar-refractivity contribution in [3.8, 4) is 11.5 Å². The fourth-order valence-electron chi connectivity index (χ4n) is 7.36. The second-order valence-corrected chi connectivity index (χ2v) is 11.5. The van der Waals surface area contributed by atoms with E-state index in [1.165, 1.54) is 16.7 Å². The molecule has 3 aliphatic carbocycles. The minimum atomic E-state index is -0.773. The van der Waals surface area contributed by atoms with Gasteiger partial charge in [0.15, 0.2) is 11.5 Å². The molecule has 8 rings (SSSR count). The molecule has 3 heterocycles. The molecule has 0 amide bonds. The first kappa shape index (κ1) is 20.5. The standard InChI is InChI=1S/C28H27NO4S/c30-26(31)28-14-19(12-17-4-2-1-3-5-17)34-25(28)27(9-8-21(28)20-15-29-16-22(20)27)18-6-7-23-24(13-18)33-11-10-32-23/h1-7,13,15-16,19,21,25,29H,8-12,14H2,(H,30,31). The van der Waals surface area contributed by atoms with Gasteiger partial charge in [-0.15, -0.1) is 0 Å². The maximum absolute atomic E-state index is 13.2. The van der Waals surface area contributed by atoms with Crippen LogP contribution in [-0.4, -0.2) is 39.8 Å². The number of thioether (sulfide) groups is 1. The van der Waals surface area contributed by atoms with Crippen LogP contribution in [0.4, 0.5) is 0 Å². The van der Waals surface area contributed by atoms with Gasteiger partial charge in [-0.1, -0.05) is 36.4 Å². The molecule has 6 heteroatoms. The molecule has 34 heavy (non-hydrogen) atoms. The third-order valence-electron chi connectivity index (χ3n) is 8.65. The highest BCUT2D eigenvalue weighted by atomic mass is 32.2. The summed E-state index contributed by atoms with van der Waals surface area (Å²) in [4.78, 5) is 16.6. The zero-order valence-electron chi connectivity index (χ0n) is 18.8. The van der Waals surface area contributed by atoms with Crippen molar-refractivity contribution < 1.29 is 19.4 Å². The van der Waals surface area contributed by atoms with Gasteiger partial charge < -0.3 is 19.6 Å². The van der Waals surface area contributed by atoms with Gasteiger partial charge in [-0.2, -0.15) is 11.8 Å². The maximum atomic E-state index is 13.2. The Morgan fingerprint density at radius 3 is 2.74 bits per heavy atom. The molecule has 3 aromatic rings. The van der Waals surface area contributed by atoms with Gasteiger partial charge in [-0.05, 0) is 60.1 Å².